The normalized spacial score (nSPS) is 14.2. The highest BCUT2D eigenvalue weighted by Crippen LogP contribution is 2.32. The fourth-order valence-electron chi connectivity index (χ4n) is 5.02. The molecule has 0 spiro atoms. The largest absolute Gasteiger partial charge is 0.383 e. The summed E-state index contributed by atoms with van der Waals surface area (Å²) >= 11 is 0. The van der Waals surface area contributed by atoms with Gasteiger partial charge in [-0.2, -0.15) is 9.89 Å². The van der Waals surface area contributed by atoms with E-state index in [-0.39, 0.29) is 11.7 Å². The zero-order valence-corrected chi connectivity index (χ0v) is 25.2. The molecule has 5 rings (SSSR count). The molecule has 4 aromatic rings. The highest BCUT2D eigenvalue weighted by molar-refractivity contribution is 7.91. The number of piperazine rings is 1. The molecule has 1 aliphatic rings. The minimum absolute atomic E-state index is 0.162. The Morgan fingerprint density at radius 2 is 1.75 bits per heavy atom. The maximum absolute atomic E-state index is 13.7. The first kappa shape index (κ1) is 31.3. The molecule has 0 saturated carbocycles. The van der Waals surface area contributed by atoms with Crippen LogP contribution in [0.3, 0.4) is 0 Å². The Morgan fingerprint density at radius 3 is 2.48 bits per heavy atom. The van der Waals surface area contributed by atoms with Crippen LogP contribution in [0.5, 0.6) is 0 Å². The summed E-state index contributed by atoms with van der Waals surface area (Å²) in [6, 6.07) is 11.8. The van der Waals surface area contributed by atoms with Crippen molar-refractivity contribution >= 4 is 38.0 Å². The monoisotopic (exact) mass is 628 g/mol. The van der Waals surface area contributed by atoms with E-state index in [2.05, 4.69) is 32.7 Å². The lowest BCUT2D eigenvalue weighted by Crippen LogP contribution is -2.45. The van der Waals surface area contributed by atoms with E-state index in [1.165, 1.54) is 29.2 Å². The van der Waals surface area contributed by atoms with Crippen LogP contribution in [-0.4, -0.2) is 89.4 Å². The summed E-state index contributed by atoms with van der Waals surface area (Å²) in [5, 5.41) is 8.11. The van der Waals surface area contributed by atoms with Gasteiger partial charge >= 0.3 is 0 Å². The molecule has 1 amide bonds. The highest BCUT2D eigenvalue weighted by Gasteiger charge is 2.25. The van der Waals surface area contributed by atoms with Crippen molar-refractivity contribution in [3.8, 4) is 0 Å². The average molecular weight is 629 g/mol. The molecular formula is C30H34F2N6O5S. The lowest BCUT2D eigenvalue weighted by molar-refractivity contribution is -0.0303. The zero-order chi connectivity index (χ0) is 31.3. The number of rotatable bonds is 12. The molecule has 0 radical (unpaired) electrons. The molecule has 1 aliphatic heterocycles. The number of hydrogen-bond donors (Lipinski definition) is 2. The van der Waals surface area contributed by atoms with Crippen molar-refractivity contribution in [1.29, 1.82) is 0 Å². The van der Waals surface area contributed by atoms with Gasteiger partial charge in [-0.25, -0.2) is 22.6 Å². The minimum Gasteiger partial charge on any atom is -0.383 e. The van der Waals surface area contributed by atoms with Gasteiger partial charge in [-0.1, -0.05) is 6.07 Å². The quantitative estimate of drug-likeness (QED) is 0.179. The topological polar surface area (TPSA) is 118 Å². The summed E-state index contributed by atoms with van der Waals surface area (Å²) in [7, 11) is -0.575. The molecule has 1 aromatic heterocycles. The Morgan fingerprint density at radius 1 is 1.00 bits per heavy atom. The number of para-hydroxylation sites is 1. The van der Waals surface area contributed by atoms with Crippen molar-refractivity contribution in [2.75, 3.05) is 75.9 Å². The van der Waals surface area contributed by atoms with Crippen molar-refractivity contribution in [2.24, 2.45) is 0 Å². The van der Waals surface area contributed by atoms with Crippen LogP contribution >= 0.6 is 0 Å². The summed E-state index contributed by atoms with van der Waals surface area (Å²) in [5.74, 6) is -2.39. The van der Waals surface area contributed by atoms with Gasteiger partial charge in [0.15, 0.2) is 0 Å². The van der Waals surface area contributed by atoms with Crippen molar-refractivity contribution in [2.45, 2.75) is 16.2 Å². The first-order valence-corrected chi connectivity index (χ1v) is 15.5. The van der Waals surface area contributed by atoms with Gasteiger partial charge in [0.25, 0.3) is 5.91 Å². The molecule has 11 nitrogen and oxygen atoms in total. The molecular weight excluding hydrogens is 594 g/mol. The van der Waals surface area contributed by atoms with Crippen LogP contribution in [-0.2, 0) is 19.3 Å². The smallest absolute Gasteiger partial charge is 0.273 e. The van der Waals surface area contributed by atoms with Gasteiger partial charge in [-0.05, 0) is 55.9 Å². The molecule has 1 fully saturated rings. The molecule has 3 aromatic carbocycles. The van der Waals surface area contributed by atoms with Crippen molar-refractivity contribution in [3.05, 3.63) is 78.0 Å². The Labute approximate surface area is 254 Å². The number of ether oxygens (including phenoxy) is 2. The Bertz CT molecular complexity index is 1720. The van der Waals surface area contributed by atoms with Crippen LogP contribution in [0.4, 0.5) is 20.2 Å². The van der Waals surface area contributed by atoms with Gasteiger partial charge in [-0.3, -0.25) is 4.79 Å². The minimum atomic E-state index is -4.21. The second-order valence-corrected chi connectivity index (χ2v) is 12.4. The molecule has 0 atom stereocenters. The second kappa shape index (κ2) is 13.7. The lowest BCUT2D eigenvalue weighted by Gasteiger charge is -2.36. The Kier molecular flexibility index (Phi) is 9.74. The van der Waals surface area contributed by atoms with Crippen LogP contribution in [0, 0.1) is 11.6 Å². The number of anilines is 2. The summed E-state index contributed by atoms with van der Waals surface area (Å²) in [6.07, 6.45) is 2.15. The predicted molar refractivity (Wildman–Crippen MR) is 162 cm³/mol. The fraction of sp³-hybridized carbons (Fsp3) is 0.333. The molecule has 1 saturated heterocycles. The number of aromatic nitrogens is 2. The third-order valence-corrected chi connectivity index (χ3v) is 9.02. The number of carbonyl (C=O) groups excluding carboxylic acids is 1. The van der Waals surface area contributed by atoms with E-state index in [1.54, 1.807) is 13.2 Å². The second-order valence-electron chi connectivity index (χ2n) is 10.4. The zero-order valence-electron chi connectivity index (χ0n) is 24.4. The van der Waals surface area contributed by atoms with Crippen LogP contribution in [0.25, 0.3) is 10.9 Å². The van der Waals surface area contributed by atoms with Gasteiger partial charge in [0.1, 0.15) is 18.4 Å². The number of nitrogens with zero attached hydrogens (tertiary/aromatic N) is 4. The van der Waals surface area contributed by atoms with E-state index in [1.807, 2.05) is 12.1 Å². The average Bonchev–Trinajstić information content (AvgIpc) is 3.40. The molecule has 0 aliphatic carbocycles. The van der Waals surface area contributed by atoms with Gasteiger partial charge in [0.05, 0.1) is 45.0 Å². The van der Waals surface area contributed by atoms with E-state index >= 15 is 0 Å². The first-order chi connectivity index (χ1) is 21.2. The van der Waals surface area contributed by atoms with Crippen LogP contribution in [0.1, 0.15) is 16.8 Å². The van der Waals surface area contributed by atoms with Gasteiger partial charge in [-0.15, -0.1) is 0 Å². The van der Waals surface area contributed by atoms with Crippen molar-refractivity contribution in [1.82, 2.24) is 14.8 Å². The number of sulfone groups is 1. The Hall–Kier alpha value is -4.11. The number of likely N-dealkylation sites (N-methyl/N-ethyl adjacent to an activating group) is 1. The number of hydrogen-bond acceptors (Lipinski definition) is 9. The van der Waals surface area contributed by atoms with E-state index in [0.717, 1.165) is 56.1 Å². The van der Waals surface area contributed by atoms with Crippen molar-refractivity contribution in [3.63, 3.8) is 0 Å². The summed E-state index contributed by atoms with van der Waals surface area (Å²) in [4.78, 5) is 18.8. The molecule has 14 heteroatoms. The van der Waals surface area contributed by atoms with E-state index in [4.69, 9.17) is 9.47 Å². The number of benzene rings is 3. The number of methoxy groups -OCH3 is 1. The first-order valence-electron chi connectivity index (χ1n) is 14.0. The standard InChI is InChI=1S/C30H34F2N6O5S/c1-36-10-12-37(13-11-36)29-26(5-3-6-27(29)33-9-4-14-43-20-42-2)30(39)35-38-28-8-7-24(15-21(28)19-34-38)44(40,41)25-17-22(31)16-23(32)18-25/h3,5-8,15-19,33H,4,9-14,20H2,1-2H3,(H,35,39). The third kappa shape index (κ3) is 6.99. The molecule has 44 heavy (non-hydrogen) atoms. The summed E-state index contributed by atoms with van der Waals surface area (Å²) < 4.78 is 63.9. The molecule has 2 N–H and O–H groups in total. The van der Waals surface area contributed by atoms with Gasteiger partial charge in [0, 0.05) is 51.3 Å². The van der Waals surface area contributed by atoms with E-state index in [9.17, 15) is 22.0 Å². The number of carbonyl (C=O) groups is 1. The van der Waals surface area contributed by atoms with E-state index in [0.29, 0.717) is 35.7 Å². The number of nitrogens with one attached hydrogen (secondary N) is 2. The maximum Gasteiger partial charge on any atom is 0.273 e. The molecule has 0 unspecified atom stereocenters. The summed E-state index contributed by atoms with van der Waals surface area (Å²) in [6.45, 7) is 4.56. The highest BCUT2D eigenvalue weighted by atomic mass is 32.2. The number of halogens is 2. The lowest BCUT2D eigenvalue weighted by atomic mass is 10.1. The number of fused-ring (bicyclic) bond motifs is 1. The number of amides is 1. The van der Waals surface area contributed by atoms with Crippen molar-refractivity contribution < 1.29 is 31.5 Å². The van der Waals surface area contributed by atoms with Crippen LogP contribution < -0.4 is 15.6 Å². The molecule has 2 heterocycles. The maximum atomic E-state index is 13.7. The van der Waals surface area contributed by atoms with Crippen LogP contribution in [0.15, 0.2) is 70.6 Å². The van der Waals surface area contributed by atoms with Gasteiger partial charge < -0.3 is 24.6 Å². The predicted octanol–water partition coefficient (Wildman–Crippen LogP) is 3.71. The summed E-state index contributed by atoms with van der Waals surface area (Å²) in [5.41, 5.74) is 5.30. The molecule has 234 valence electrons. The van der Waals surface area contributed by atoms with Crippen LogP contribution in [0.2, 0.25) is 0 Å². The third-order valence-electron chi connectivity index (χ3n) is 7.29. The van der Waals surface area contributed by atoms with E-state index < -0.39 is 32.3 Å². The van der Waals surface area contributed by atoms with Gasteiger partial charge in [0.2, 0.25) is 9.84 Å². The fourth-order valence-corrected chi connectivity index (χ4v) is 6.36. The molecule has 0 bridgehead atoms. The SMILES string of the molecule is COCOCCCNc1cccc(C(=O)Nn2ncc3cc(S(=O)(=O)c4cc(F)cc(F)c4)ccc32)c1N1CCN(C)CC1. The Balaban J connectivity index is 1.39.